The van der Waals surface area contributed by atoms with Crippen LogP contribution in [-0.2, 0) is 4.79 Å². The first-order valence-electron chi connectivity index (χ1n) is 7.78. The molecule has 0 radical (unpaired) electrons. The number of amides is 1. The van der Waals surface area contributed by atoms with E-state index in [0.717, 1.165) is 11.1 Å². The second-order valence-electron chi connectivity index (χ2n) is 5.54. The molecule has 26 heavy (non-hydrogen) atoms. The Morgan fingerprint density at radius 1 is 1.23 bits per heavy atom. The molecule has 0 aliphatic heterocycles. The van der Waals surface area contributed by atoms with Crippen molar-refractivity contribution in [3.8, 4) is 17.5 Å². The second kappa shape index (κ2) is 7.72. The lowest BCUT2D eigenvalue weighted by Gasteiger charge is -2.07. The summed E-state index contributed by atoms with van der Waals surface area (Å²) in [6.07, 6.45) is 0. The molecule has 1 amide bonds. The van der Waals surface area contributed by atoms with Crippen molar-refractivity contribution in [3.05, 3.63) is 59.7 Å². The Balaban J connectivity index is 1.66. The zero-order valence-corrected chi connectivity index (χ0v) is 14.8. The molecule has 1 aromatic heterocycles. The number of benzene rings is 2. The average molecular weight is 364 g/mol. The number of aromatic nitrogens is 3. The maximum Gasteiger partial charge on any atom is 0.234 e. The standard InChI is InChI=1S/C18H16N6OS/c1-12-6-8-13(9-7-12)17-22-23-18(24(17)20)26-11-16(25)21-15-5-3-2-4-14(15)10-19/h2-9H,11,20H2,1H3,(H,21,25). The molecule has 7 nitrogen and oxygen atoms in total. The minimum absolute atomic E-state index is 0.100. The monoisotopic (exact) mass is 364 g/mol. The van der Waals surface area contributed by atoms with Gasteiger partial charge in [0.2, 0.25) is 11.1 Å². The molecule has 3 rings (SSSR count). The highest BCUT2D eigenvalue weighted by molar-refractivity contribution is 7.99. The van der Waals surface area contributed by atoms with Gasteiger partial charge in [-0.2, -0.15) is 5.26 Å². The molecule has 3 aromatic rings. The molecule has 0 aliphatic carbocycles. The van der Waals surface area contributed by atoms with Gasteiger partial charge in [0.05, 0.1) is 17.0 Å². The largest absolute Gasteiger partial charge is 0.335 e. The van der Waals surface area contributed by atoms with Gasteiger partial charge in [-0.3, -0.25) is 4.79 Å². The van der Waals surface area contributed by atoms with Crippen LogP contribution >= 0.6 is 11.8 Å². The minimum atomic E-state index is -0.252. The van der Waals surface area contributed by atoms with E-state index in [2.05, 4.69) is 15.5 Å². The van der Waals surface area contributed by atoms with Crippen molar-refractivity contribution in [2.75, 3.05) is 16.9 Å². The average Bonchev–Trinajstić information content (AvgIpc) is 3.02. The molecule has 130 valence electrons. The molecule has 0 saturated heterocycles. The Labute approximate surface area is 154 Å². The number of rotatable bonds is 5. The number of nitriles is 1. The lowest BCUT2D eigenvalue weighted by molar-refractivity contribution is -0.113. The summed E-state index contributed by atoms with van der Waals surface area (Å²) < 4.78 is 1.37. The van der Waals surface area contributed by atoms with E-state index in [0.29, 0.717) is 22.2 Å². The number of hydrogen-bond donors (Lipinski definition) is 2. The first-order chi connectivity index (χ1) is 12.6. The van der Waals surface area contributed by atoms with Crippen molar-refractivity contribution >= 4 is 23.4 Å². The van der Waals surface area contributed by atoms with Gasteiger partial charge in [0.25, 0.3) is 0 Å². The highest BCUT2D eigenvalue weighted by atomic mass is 32.2. The molecule has 0 spiro atoms. The molecule has 0 aliphatic rings. The zero-order chi connectivity index (χ0) is 18.5. The minimum Gasteiger partial charge on any atom is -0.335 e. The second-order valence-corrected chi connectivity index (χ2v) is 6.48. The molecule has 1 heterocycles. The maximum atomic E-state index is 12.1. The number of nitrogens with one attached hydrogen (secondary N) is 1. The summed E-state index contributed by atoms with van der Waals surface area (Å²) in [5.74, 6) is 6.43. The zero-order valence-electron chi connectivity index (χ0n) is 14.0. The predicted octanol–water partition coefficient (Wildman–Crippen LogP) is 2.57. The highest BCUT2D eigenvalue weighted by Crippen LogP contribution is 2.22. The van der Waals surface area contributed by atoms with E-state index in [4.69, 9.17) is 11.1 Å². The van der Waals surface area contributed by atoms with Crippen molar-refractivity contribution in [1.29, 1.82) is 5.26 Å². The van der Waals surface area contributed by atoms with Crippen LogP contribution in [0.15, 0.2) is 53.7 Å². The molecule has 0 saturated carbocycles. The third kappa shape index (κ3) is 3.84. The van der Waals surface area contributed by atoms with Gasteiger partial charge < -0.3 is 11.2 Å². The van der Waals surface area contributed by atoms with E-state index < -0.39 is 0 Å². The summed E-state index contributed by atoms with van der Waals surface area (Å²) in [5.41, 5.74) is 2.88. The topological polar surface area (TPSA) is 110 Å². The van der Waals surface area contributed by atoms with E-state index in [1.807, 2.05) is 37.3 Å². The molecular weight excluding hydrogens is 348 g/mol. The van der Waals surface area contributed by atoms with Crippen molar-refractivity contribution in [2.45, 2.75) is 12.1 Å². The summed E-state index contributed by atoms with van der Waals surface area (Å²) in [4.78, 5) is 12.1. The van der Waals surface area contributed by atoms with Gasteiger partial charge in [0.15, 0.2) is 5.82 Å². The number of hydrogen-bond acceptors (Lipinski definition) is 6. The number of nitrogens with zero attached hydrogens (tertiary/aromatic N) is 4. The quantitative estimate of drug-likeness (QED) is 0.532. The smallest absolute Gasteiger partial charge is 0.234 e. The number of carbonyl (C=O) groups excluding carboxylic acids is 1. The van der Waals surface area contributed by atoms with Crippen LogP contribution in [0.25, 0.3) is 11.4 Å². The van der Waals surface area contributed by atoms with Crippen LogP contribution in [-0.4, -0.2) is 26.5 Å². The summed E-state index contributed by atoms with van der Waals surface area (Å²) in [6, 6.07) is 16.6. The van der Waals surface area contributed by atoms with Gasteiger partial charge in [-0.15, -0.1) is 10.2 Å². The number of anilines is 1. The van der Waals surface area contributed by atoms with Gasteiger partial charge in [0.1, 0.15) is 6.07 Å². The molecule has 0 unspecified atom stereocenters. The molecule has 0 bridgehead atoms. The number of nitrogen functional groups attached to an aromatic ring is 1. The van der Waals surface area contributed by atoms with E-state index >= 15 is 0 Å². The Bertz CT molecular complexity index is 974. The van der Waals surface area contributed by atoms with Crippen LogP contribution in [0.1, 0.15) is 11.1 Å². The number of carbonyl (C=O) groups is 1. The Morgan fingerprint density at radius 2 is 1.96 bits per heavy atom. The van der Waals surface area contributed by atoms with Crippen LogP contribution in [0.5, 0.6) is 0 Å². The van der Waals surface area contributed by atoms with Crippen LogP contribution in [0.3, 0.4) is 0 Å². The van der Waals surface area contributed by atoms with Crippen molar-refractivity contribution in [1.82, 2.24) is 14.9 Å². The van der Waals surface area contributed by atoms with Crippen LogP contribution in [0, 0.1) is 18.3 Å². The van der Waals surface area contributed by atoms with Gasteiger partial charge in [-0.05, 0) is 19.1 Å². The van der Waals surface area contributed by atoms with Crippen molar-refractivity contribution in [3.63, 3.8) is 0 Å². The highest BCUT2D eigenvalue weighted by Gasteiger charge is 2.14. The lowest BCUT2D eigenvalue weighted by atomic mass is 10.1. The number of thioether (sulfide) groups is 1. The lowest BCUT2D eigenvalue weighted by Crippen LogP contribution is -2.17. The molecule has 0 fully saturated rings. The Morgan fingerprint density at radius 3 is 2.69 bits per heavy atom. The SMILES string of the molecule is Cc1ccc(-c2nnc(SCC(=O)Nc3ccccc3C#N)n2N)cc1. The van der Waals surface area contributed by atoms with E-state index in [-0.39, 0.29) is 11.7 Å². The summed E-state index contributed by atoms with van der Waals surface area (Å²) in [5, 5.41) is 20.4. The van der Waals surface area contributed by atoms with Gasteiger partial charge >= 0.3 is 0 Å². The van der Waals surface area contributed by atoms with Crippen molar-refractivity contribution in [2.24, 2.45) is 0 Å². The number of nitrogens with two attached hydrogens (primary N) is 1. The van der Waals surface area contributed by atoms with Crippen molar-refractivity contribution < 1.29 is 4.79 Å². The van der Waals surface area contributed by atoms with Gasteiger partial charge in [-0.1, -0.05) is 53.7 Å². The predicted molar refractivity (Wildman–Crippen MR) is 101 cm³/mol. The van der Waals surface area contributed by atoms with E-state index in [1.165, 1.54) is 16.4 Å². The first kappa shape index (κ1) is 17.5. The summed E-state index contributed by atoms with van der Waals surface area (Å²) in [6.45, 7) is 2.00. The van der Waals surface area contributed by atoms with Crippen LogP contribution in [0.4, 0.5) is 5.69 Å². The summed E-state index contributed by atoms with van der Waals surface area (Å²) in [7, 11) is 0. The molecular formula is C18H16N6OS. The third-order valence-corrected chi connectivity index (χ3v) is 4.57. The number of aryl methyl sites for hydroxylation is 1. The fraction of sp³-hybridized carbons (Fsp3) is 0.111. The van der Waals surface area contributed by atoms with E-state index in [9.17, 15) is 4.79 Å². The first-order valence-corrected chi connectivity index (χ1v) is 8.76. The summed E-state index contributed by atoms with van der Waals surface area (Å²) >= 11 is 1.18. The molecule has 3 N–H and O–H groups in total. The molecule has 0 atom stereocenters. The third-order valence-electron chi connectivity index (χ3n) is 3.63. The normalized spacial score (nSPS) is 10.3. The van der Waals surface area contributed by atoms with Crippen LogP contribution < -0.4 is 11.2 Å². The molecule has 2 aromatic carbocycles. The van der Waals surface area contributed by atoms with E-state index in [1.54, 1.807) is 24.3 Å². The fourth-order valence-electron chi connectivity index (χ4n) is 2.28. The Kier molecular flexibility index (Phi) is 5.20. The maximum absolute atomic E-state index is 12.1. The Hall–Kier alpha value is -3.31. The van der Waals surface area contributed by atoms with Gasteiger partial charge in [-0.25, -0.2) is 4.68 Å². The molecule has 8 heteroatoms. The van der Waals surface area contributed by atoms with Crippen LogP contribution in [0.2, 0.25) is 0 Å². The number of para-hydroxylation sites is 1. The van der Waals surface area contributed by atoms with Gasteiger partial charge in [0, 0.05) is 5.56 Å². The fourth-order valence-corrected chi connectivity index (χ4v) is 2.94.